The van der Waals surface area contributed by atoms with Crippen molar-refractivity contribution < 1.29 is 9.90 Å². The highest BCUT2D eigenvalue weighted by Gasteiger charge is 2.41. The Bertz CT molecular complexity index is 716. The standard InChI is InChI=1S/C20H28N4O2/c1-16-13-18(23-22-16)14-21-15-20(26)10-6-12-24(19(20)25)11-5-9-17-7-3-2-4-8-17/h2-4,7-8,13,21,26H,5-6,9-12,14-15H2,1H3,(H,22,23)/t20-/m1/s1. The summed E-state index contributed by atoms with van der Waals surface area (Å²) in [5, 5.41) is 21.1. The Balaban J connectivity index is 1.47. The van der Waals surface area contributed by atoms with Crippen LogP contribution in [0.1, 0.15) is 36.2 Å². The number of carbonyl (C=O) groups is 1. The molecule has 3 N–H and O–H groups in total. The normalized spacial score (nSPS) is 20.5. The Morgan fingerprint density at radius 3 is 2.88 bits per heavy atom. The number of carbonyl (C=O) groups excluding carboxylic acids is 1. The fourth-order valence-electron chi connectivity index (χ4n) is 3.52. The smallest absolute Gasteiger partial charge is 0.255 e. The summed E-state index contributed by atoms with van der Waals surface area (Å²) >= 11 is 0. The Hall–Kier alpha value is -2.18. The number of likely N-dealkylation sites (tertiary alicyclic amines) is 1. The van der Waals surface area contributed by atoms with Crippen LogP contribution in [-0.4, -0.2) is 51.3 Å². The first-order valence-corrected chi connectivity index (χ1v) is 9.34. The van der Waals surface area contributed by atoms with Gasteiger partial charge in [0.25, 0.3) is 5.91 Å². The minimum Gasteiger partial charge on any atom is -0.379 e. The number of aryl methyl sites for hydroxylation is 2. The van der Waals surface area contributed by atoms with Gasteiger partial charge in [-0.1, -0.05) is 30.3 Å². The molecule has 140 valence electrons. The summed E-state index contributed by atoms with van der Waals surface area (Å²) in [6, 6.07) is 12.2. The lowest BCUT2D eigenvalue weighted by Crippen LogP contribution is -2.58. The molecule has 0 spiro atoms. The summed E-state index contributed by atoms with van der Waals surface area (Å²) in [6.07, 6.45) is 3.19. The number of benzene rings is 1. The van der Waals surface area contributed by atoms with Crippen molar-refractivity contribution in [1.29, 1.82) is 0 Å². The molecule has 0 aliphatic carbocycles. The van der Waals surface area contributed by atoms with Gasteiger partial charge in [0.05, 0.1) is 5.69 Å². The van der Waals surface area contributed by atoms with E-state index in [0.717, 1.165) is 37.2 Å². The van der Waals surface area contributed by atoms with Gasteiger partial charge in [0.1, 0.15) is 0 Å². The first-order chi connectivity index (χ1) is 12.6. The molecule has 6 nitrogen and oxygen atoms in total. The molecule has 0 saturated carbocycles. The minimum atomic E-state index is -1.31. The van der Waals surface area contributed by atoms with Crippen LogP contribution in [0.15, 0.2) is 36.4 Å². The number of hydrogen-bond donors (Lipinski definition) is 3. The molecular formula is C20H28N4O2. The van der Waals surface area contributed by atoms with Crippen molar-refractivity contribution in [2.24, 2.45) is 0 Å². The molecule has 1 aromatic heterocycles. The van der Waals surface area contributed by atoms with Gasteiger partial charge in [-0.3, -0.25) is 9.89 Å². The summed E-state index contributed by atoms with van der Waals surface area (Å²) in [4.78, 5) is 14.6. The van der Waals surface area contributed by atoms with Gasteiger partial charge < -0.3 is 15.3 Å². The number of amides is 1. The Morgan fingerprint density at radius 2 is 2.15 bits per heavy atom. The maximum absolute atomic E-state index is 12.8. The lowest BCUT2D eigenvalue weighted by Gasteiger charge is -2.38. The molecule has 26 heavy (non-hydrogen) atoms. The molecule has 1 aliphatic heterocycles. The van der Waals surface area contributed by atoms with E-state index in [2.05, 4.69) is 27.6 Å². The molecule has 1 fully saturated rings. The molecule has 0 radical (unpaired) electrons. The van der Waals surface area contributed by atoms with Crippen LogP contribution in [0, 0.1) is 6.92 Å². The summed E-state index contributed by atoms with van der Waals surface area (Å²) in [5.41, 5.74) is 1.85. The highest BCUT2D eigenvalue weighted by Crippen LogP contribution is 2.22. The summed E-state index contributed by atoms with van der Waals surface area (Å²) in [6.45, 7) is 4.16. The molecule has 3 rings (SSSR count). The fourth-order valence-corrected chi connectivity index (χ4v) is 3.52. The van der Waals surface area contributed by atoms with Gasteiger partial charge in [-0.05, 0) is 44.2 Å². The number of H-pyrrole nitrogens is 1. The fraction of sp³-hybridized carbons (Fsp3) is 0.500. The summed E-state index contributed by atoms with van der Waals surface area (Å²) < 4.78 is 0. The van der Waals surface area contributed by atoms with Crippen LogP contribution < -0.4 is 5.32 Å². The zero-order valence-electron chi connectivity index (χ0n) is 15.4. The third-order valence-corrected chi connectivity index (χ3v) is 4.92. The molecule has 1 atom stereocenters. The second kappa shape index (κ2) is 8.47. The number of aliphatic hydroxyl groups is 1. The molecule has 1 aliphatic rings. The zero-order valence-corrected chi connectivity index (χ0v) is 15.4. The predicted molar refractivity (Wildman–Crippen MR) is 101 cm³/mol. The molecular weight excluding hydrogens is 328 g/mol. The molecule has 0 bridgehead atoms. The predicted octanol–water partition coefficient (Wildman–Crippen LogP) is 1.79. The van der Waals surface area contributed by atoms with Crippen LogP contribution in [0.25, 0.3) is 0 Å². The van der Waals surface area contributed by atoms with Gasteiger partial charge in [0.15, 0.2) is 5.60 Å². The lowest BCUT2D eigenvalue weighted by atomic mass is 9.91. The molecule has 1 amide bonds. The van der Waals surface area contributed by atoms with Crippen molar-refractivity contribution in [2.75, 3.05) is 19.6 Å². The number of nitrogens with one attached hydrogen (secondary N) is 2. The summed E-state index contributed by atoms with van der Waals surface area (Å²) in [5.74, 6) is -0.150. The number of hydrogen-bond acceptors (Lipinski definition) is 4. The third kappa shape index (κ3) is 4.71. The molecule has 1 saturated heterocycles. The number of piperidine rings is 1. The second-order valence-electron chi connectivity index (χ2n) is 7.16. The number of nitrogens with zero attached hydrogens (tertiary/aromatic N) is 2. The van der Waals surface area contributed by atoms with Crippen LogP contribution in [-0.2, 0) is 17.8 Å². The van der Waals surface area contributed by atoms with Crippen molar-refractivity contribution >= 4 is 5.91 Å². The maximum Gasteiger partial charge on any atom is 0.255 e. The van der Waals surface area contributed by atoms with Crippen LogP contribution in [0.4, 0.5) is 0 Å². The van der Waals surface area contributed by atoms with Gasteiger partial charge in [0, 0.05) is 31.9 Å². The average Bonchev–Trinajstić information content (AvgIpc) is 3.05. The Kier molecular flexibility index (Phi) is 6.06. The minimum absolute atomic E-state index is 0.150. The number of aromatic nitrogens is 2. The van der Waals surface area contributed by atoms with Crippen LogP contribution >= 0.6 is 0 Å². The number of aromatic amines is 1. The molecule has 2 aromatic rings. The van der Waals surface area contributed by atoms with E-state index in [0.29, 0.717) is 19.5 Å². The lowest BCUT2D eigenvalue weighted by molar-refractivity contribution is -0.156. The van der Waals surface area contributed by atoms with E-state index < -0.39 is 5.60 Å². The van der Waals surface area contributed by atoms with Crippen molar-refractivity contribution in [3.63, 3.8) is 0 Å². The van der Waals surface area contributed by atoms with E-state index >= 15 is 0 Å². The first-order valence-electron chi connectivity index (χ1n) is 9.34. The van der Waals surface area contributed by atoms with E-state index in [1.165, 1.54) is 5.56 Å². The monoisotopic (exact) mass is 356 g/mol. The van der Waals surface area contributed by atoms with E-state index in [9.17, 15) is 9.90 Å². The SMILES string of the molecule is Cc1cc(CNC[C@]2(O)CCCN(CCCc3ccccc3)C2=O)n[nH]1. The maximum atomic E-state index is 12.8. The van der Waals surface area contributed by atoms with Gasteiger partial charge >= 0.3 is 0 Å². The summed E-state index contributed by atoms with van der Waals surface area (Å²) in [7, 11) is 0. The van der Waals surface area contributed by atoms with Gasteiger partial charge in [-0.15, -0.1) is 0 Å². The van der Waals surface area contributed by atoms with Gasteiger partial charge in [-0.25, -0.2) is 0 Å². The van der Waals surface area contributed by atoms with Crippen LogP contribution in [0.5, 0.6) is 0 Å². The zero-order chi connectivity index (χ0) is 18.4. The van der Waals surface area contributed by atoms with Crippen molar-refractivity contribution in [2.45, 2.75) is 44.8 Å². The van der Waals surface area contributed by atoms with E-state index in [1.807, 2.05) is 36.1 Å². The van der Waals surface area contributed by atoms with E-state index in [-0.39, 0.29) is 12.5 Å². The Morgan fingerprint density at radius 1 is 1.35 bits per heavy atom. The molecule has 6 heteroatoms. The number of rotatable bonds is 8. The molecule has 1 aromatic carbocycles. The van der Waals surface area contributed by atoms with Crippen molar-refractivity contribution in [3.05, 3.63) is 53.3 Å². The highest BCUT2D eigenvalue weighted by atomic mass is 16.3. The quantitative estimate of drug-likeness (QED) is 0.674. The van der Waals surface area contributed by atoms with Crippen molar-refractivity contribution in [3.8, 4) is 0 Å². The largest absolute Gasteiger partial charge is 0.379 e. The molecule has 2 heterocycles. The average molecular weight is 356 g/mol. The van der Waals surface area contributed by atoms with Crippen LogP contribution in [0.2, 0.25) is 0 Å². The third-order valence-electron chi connectivity index (χ3n) is 4.92. The first kappa shape index (κ1) is 18.6. The highest BCUT2D eigenvalue weighted by molar-refractivity contribution is 5.86. The second-order valence-corrected chi connectivity index (χ2v) is 7.16. The Labute approximate surface area is 154 Å². The van der Waals surface area contributed by atoms with E-state index in [4.69, 9.17) is 0 Å². The van der Waals surface area contributed by atoms with Crippen molar-refractivity contribution in [1.82, 2.24) is 20.4 Å². The van der Waals surface area contributed by atoms with E-state index in [1.54, 1.807) is 0 Å². The van der Waals surface area contributed by atoms with Gasteiger partial charge in [0.2, 0.25) is 0 Å². The molecule has 0 unspecified atom stereocenters. The van der Waals surface area contributed by atoms with Gasteiger partial charge in [-0.2, -0.15) is 5.10 Å². The topological polar surface area (TPSA) is 81.2 Å². The van der Waals surface area contributed by atoms with Crippen LogP contribution in [0.3, 0.4) is 0 Å².